The Morgan fingerprint density at radius 1 is 1.00 bits per heavy atom. The SMILES string of the molecule is C=CCNS(=O)(=O)C(C)C.C=CCNS(=O)(=O)CCC. The normalized spacial score (nSPS) is 11.6. The smallest absolute Gasteiger partial charge is 0.212 e. The zero-order valence-corrected chi connectivity index (χ0v) is 14.1. The van der Waals surface area contributed by atoms with Crippen LogP contribution < -0.4 is 9.44 Å². The molecule has 0 fully saturated rings. The van der Waals surface area contributed by atoms with Crippen molar-refractivity contribution in [1.29, 1.82) is 0 Å². The van der Waals surface area contributed by atoms with Crippen molar-refractivity contribution in [1.82, 2.24) is 9.44 Å². The largest absolute Gasteiger partial charge is 0.214 e. The maximum Gasteiger partial charge on any atom is 0.214 e. The van der Waals surface area contributed by atoms with Gasteiger partial charge in [-0.2, -0.15) is 0 Å². The lowest BCUT2D eigenvalue weighted by Crippen LogP contribution is -2.30. The third-order valence-electron chi connectivity index (χ3n) is 1.97. The van der Waals surface area contributed by atoms with Crippen LogP contribution in [0.5, 0.6) is 0 Å². The van der Waals surface area contributed by atoms with E-state index in [2.05, 4.69) is 22.6 Å². The Morgan fingerprint density at radius 3 is 1.80 bits per heavy atom. The van der Waals surface area contributed by atoms with E-state index in [-0.39, 0.29) is 11.0 Å². The van der Waals surface area contributed by atoms with Gasteiger partial charge in [-0.15, -0.1) is 13.2 Å². The predicted octanol–water partition coefficient (Wildman–Crippen LogP) is 1.00. The van der Waals surface area contributed by atoms with E-state index in [0.717, 1.165) is 0 Å². The molecule has 6 nitrogen and oxygen atoms in total. The Labute approximate surface area is 123 Å². The van der Waals surface area contributed by atoms with Gasteiger partial charge in [0, 0.05) is 13.1 Å². The fraction of sp³-hybridized carbons (Fsp3) is 0.667. The second-order valence-electron chi connectivity index (χ2n) is 4.19. The molecule has 0 aliphatic heterocycles. The Hall–Kier alpha value is -0.700. The van der Waals surface area contributed by atoms with Crippen LogP contribution in [0, 0.1) is 0 Å². The zero-order chi connectivity index (χ0) is 16.2. The summed E-state index contributed by atoms with van der Waals surface area (Å²) >= 11 is 0. The molecule has 0 saturated heterocycles. The van der Waals surface area contributed by atoms with Gasteiger partial charge in [0.25, 0.3) is 0 Å². The molecule has 0 aromatic heterocycles. The molecule has 0 bridgehead atoms. The highest BCUT2D eigenvalue weighted by Gasteiger charge is 2.12. The lowest BCUT2D eigenvalue weighted by atomic mass is 10.6. The molecule has 0 rings (SSSR count). The van der Waals surface area contributed by atoms with Crippen molar-refractivity contribution in [3.63, 3.8) is 0 Å². The summed E-state index contributed by atoms with van der Waals surface area (Å²) in [5, 5.41) is -0.368. The predicted molar refractivity (Wildman–Crippen MR) is 84.5 cm³/mol. The second-order valence-corrected chi connectivity index (χ2v) is 8.43. The summed E-state index contributed by atoms with van der Waals surface area (Å²) in [5.41, 5.74) is 0. The van der Waals surface area contributed by atoms with Gasteiger partial charge in [-0.1, -0.05) is 19.1 Å². The molecule has 0 aromatic rings. The first-order valence-corrected chi connectivity index (χ1v) is 9.50. The van der Waals surface area contributed by atoms with Crippen LogP contribution in [-0.4, -0.2) is 40.9 Å². The molecule has 20 heavy (non-hydrogen) atoms. The van der Waals surface area contributed by atoms with E-state index in [9.17, 15) is 16.8 Å². The number of hydrogen-bond donors (Lipinski definition) is 2. The van der Waals surface area contributed by atoms with Gasteiger partial charge in [-0.05, 0) is 20.3 Å². The Kier molecular flexibility index (Phi) is 11.9. The van der Waals surface area contributed by atoms with Gasteiger partial charge in [0.15, 0.2) is 0 Å². The van der Waals surface area contributed by atoms with Gasteiger partial charge in [0.1, 0.15) is 0 Å². The first kappa shape index (κ1) is 21.6. The third kappa shape index (κ3) is 12.3. The van der Waals surface area contributed by atoms with E-state index in [4.69, 9.17) is 0 Å². The van der Waals surface area contributed by atoms with Gasteiger partial charge in [-0.3, -0.25) is 0 Å². The summed E-state index contributed by atoms with van der Waals surface area (Å²) in [6, 6.07) is 0. The van der Waals surface area contributed by atoms with Gasteiger partial charge in [0.2, 0.25) is 20.0 Å². The minimum absolute atomic E-state index is 0.195. The molecular formula is C12H26N2O4S2. The molecule has 0 aliphatic rings. The number of hydrogen-bond acceptors (Lipinski definition) is 4. The number of rotatable bonds is 9. The van der Waals surface area contributed by atoms with Gasteiger partial charge in [-0.25, -0.2) is 26.3 Å². The summed E-state index contributed by atoms with van der Waals surface area (Å²) in [6.45, 7) is 12.5. The highest BCUT2D eigenvalue weighted by atomic mass is 32.2. The van der Waals surface area contributed by atoms with E-state index in [1.54, 1.807) is 13.8 Å². The highest BCUT2D eigenvalue weighted by molar-refractivity contribution is 7.90. The molecule has 0 atom stereocenters. The van der Waals surface area contributed by atoms with Crippen LogP contribution >= 0.6 is 0 Å². The number of nitrogens with one attached hydrogen (secondary N) is 2. The summed E-state index contributed by atoms with van der Waals surface area (Å²) in [5.74, 6) is 0.195. The van der Waals surface area contributed by atoms with Crippen LogP contribution in [0.15, 0.2) is 25.3 Å². The van der Waals surface area contributed by atoms with Crippen LogP contribution in [0.3, 0.4) is 0 Å². The average molecular weight is 326 g/mol. The molecule has 120 valence electrons. The molecule has 0 radical (unpaired) electrons. The molecule has 0 aliphatic carbocycles. The topological polar surface area (TPSA) is 92.3 Å². The van der Waals surface area contributed by atoms with Crippen molar-refractivity contribution in [3.8, 4) is 0 Å². The van der Waals surface area contributed by atoms with Crippen LogP contribution in [-0.2, 0) is 20.0 Å². The first-order chi connectivity index (χ1) is 9.13. The van der Waals surface area contributed by atoms with Gasteiger partial charge in [0.05, 0.1) is 11.0 Å². The van der Waals surface area contributed by atoms with Crippen molar-refractivity contribution < 1.29 is 16.8 Å². The molecule has 0 heterocycles. The van der Waals surface area contributed by atoms with E-state index >= 15 is 0 Å². The monoisotopic (exact) mass is 326 g/mol. The quantitative estimate of drug-likeness (QED) is 0.618. The maximum atomic E-state index is 10.9. The highest BCUT2D eigenvalue weighted by Crippen LogP contribution is 1.94. The Balaban J connectivity index is 0. The van der Waals surface area contributed by atoms with E-state index in [0.29, 0.717) is 19.5 Å². The lowest BCUT2D eigenvalue weighted by Gasteiger charge is -2.06. The summed E-state index contributed by atoms with van der Waals surface area (Å²) in [6.07, 6.45) is 3.68. The minimum Gasteiger partial charge on any atom is -0.212 e. The van der Waals surface area contributed by atoms with E-state index in [1.807, 2.05) is 6.92 Å². The molecule has 0 amide bonds. The van der Waals surface area contributed by atoms with E-state index < -0.39 is 20.0 Å². The average Bonchev–Trinajstić information content (AvgIpc) is 2.34. The molecule has 0 saturated carbocycles. The molecule has 0 spiro atoms. The number of sulfonamides is 2. The van der Waals surface area contributed by atoms with Crippen molar-refractivity contribution in [2.45, 2.75) is 32.4 Å². The second kappa shape index (κ2) is 11.0. The van der Waals surface area contributed by atoms with Crippen LogP contribution in [0.25, 0.3) is 0 Å². The molecule has 0 aromatic carbocycles. The standard InChI is InChI=1S/2C6H13NO2S/c1-4-5-7-10(8,9)6(2)3;1-3-5-7-10(8,9)6-4-2/h4,6-7H,1,5H2,2-3H3;3,7H,1,4-6H2,2H3. The van der Waals surface area contributed by atoms with Gasteiger partial charge >= 0.3 is 0 Å². The van der Waals surface area contributed by atoms with Crippen LogP contribution in [0.2, 0.25) is 0 Å². The third-order valence-corrected chi connectivity index (χ3v) is 5.33. The Bertz CT molecular complexity index is 468. The molecule has 0 unspecified atom stereocenters. The summed E-state index contributed by atoms with van der Waals surface area (Å²) < 4.78 is 48.2. The summed E-state index contributed by atoms with van der Waals surface area (Å²) in [7, 11) is -6.10. The van der Waals surface area contributed by atoms with Crippen LogP contribution in [0.1, 0.15) is 27.2 Å². The maximum absolute atomic E-state index is 10.9. The van der Waals surface area contributed by atoms with Crippen molar-refractivity contribution in [2.75, 3.05) is 18.8 Å². The van der Waals surface area contributed by atoms with Crippen molar-refractivity contribution in [2.24, 2.45) is 0 Å². The Morgan fingerprint density at radius 2 is 1.45 bits per heavy atom. The molecular weight excluding hydrogens is 300 g/mol. The van der Waals surface area contributed by atoms with E-state index in [1.165, 1.54) is 12.2 Å². The van der Waals surface area contributed by atoms with Crippen molar-refractivity contribution in [3.05, 3.63) is 25.3 Å². The van der Waals surface area contributed by atoms with Crippen LogP contribution in [0.4, 0.5) is 0 Å². The zero-order valence-electron chi connectivity index (χ0n) is 12.4. The molecule has 8 heteroatoms. The van der Waals surface area contributed by atoms with Gasteiger partial charge < -0.3 is 0 Å². The molecule has 2 N–H and O–H groups in total. The minimum atomic E-state index is -3.08. The fourth-order valence-electron chi connectivity index (χ4n) is 0.869. The first-order valence-electron chi connectivity index (χ1n) is 6.30. The fourth-order valence-corrected chi connectivity index (χ4v) is 2.61. The lowest BCUT2D eigenvalue weighted by molar-refractivity contribution is 0.576. The van der Waals surface area contributed by atoms with Crippen molar-refractivity contribution >= 4 is 20.0 Å². The summed E-state index contributed by atoms with van der Waals surface area (Å²) in [4.78, 5) is 0.